The highest BCUT2D eigenvalue weighted by Gasteiger charge is 2.16. The summed E-state index contributed by atoms with van der Waals surface area (Å²) in [6.07, 6.45) is 0. The molecule has 0 bridgehead atoms. The summed E-state index contributed by atoms with van der Waals surface area (Å²) in [6.45, 7) is 7.63. The second-order valence-corrected chi connectivity index (χ2v) is 6.34. The van der Waals surface area contributed by atoms with Gasteiger partial charge in [0, 0.05) is 0 Å². The van der Waals surface area contributed by atoms with Gasteiger partial charge in [-0.3, -0.25) is 0 Å². The molecule has 0 saturated heterocycles. The summed E-state index contributed by atoms with van der Waals surface area (Å²) in [4.78, 5) is 12.4. The Hall–Kier alpha value is -3.29. The summed E-state index contributed by atoms with van der Waals surface area (Å²) in [5.74, 6) is 1.79. The minimum atomic E-state index is -0.476. The van der Waals surface area contributed by atoms with Crippen LogP contribution in [0.4, 0.5) is 0 Å². The average molecular weight is 386 g/mol. The van der Waals surface area contributed by atoms with Crippen LogP contribution in [0, 0.1) is 27.7 Å². The molecular formula is C20H22N2O6. The molecule has 148 valence electrons. The summed E-state index contributed by atoms with van der Waals surface area (Å²) >= 11 is 0. The van der Waals surface area contributed by atoms with E-state index in [0.717, 1.165) is 16.8 Å². The lowest BCUT2D eigenvalue weighted by atomic mass is 10.2. The van der Waals surface area contributed by atoms with Crippen molar-refractivity contribution in [1.82, 2.24) is 10.3 Å². The molecule has 0 spiro atoms. The van der Waals surface area contributed by atoms with Gasteiger partial charge in [-0.15, -0.1) is 0 Å². The first-order valence-electron chi connectivity index (χ1n) is 8.72. The van der Waals surface area contributed by atoms with Gasteiger partial charge < -0.3 is 23.3 Å². The van der Waals surface area contributed by atoms with Gasteiger partial charge in [-0.25, -0.2) is 4.79 Å². The van der Waals surface area contributed by atoms with Gasteiger partial charge in [-0.1, -0.05) is 10.3 Å². The molecule has 0 aliphatic carbocycles. The van der Waals surface area contributed by atoms with Crippen LogP contribution in [0.2, 0.25) is 0 Å². The maximum atomic E-state index is 12.4. The predicted octanol–water partition coefficient (Wildman–Crippen LogP) is 3.84. The fraction of sp³-hybridized carbons (Fsp3) is 0.350. The predicted molar refractivity (Wildman–Crippen MR) is 98.4 cm³/mol. The van der Waals surface area contributed by atoms with E-state index in [1.807, 2.05) is 13.8 Å². The quantitative estimate of drug-likeness (QED) is 0.565. The zero-order valence-corrected chi connectivity index (χ0v) is 16.5. The molecule has 2 aromatic heterocycles. The summed E-state index contributed by atoms with van der Waals surface area (Å²) < 4.78 is 26.7. The van der Waals surface area contributed by atoms with E-state index < -0.39 is 5.97 Å². The molecule has 0 radical (unpaired) electrons. The standard InChI is InChI=1S/C20H22N2O6/c1-11-16(13(3)27-21-11)9-25-18-7-6-15(8-19(18)24-5)20(23)26-10-17-12(2)22-28-14(17)4/h6-8H,9-10H2,1-5H3. The molecule has 0 aliphatic rings. The average Bonchev–Trinajstić information content (AvgIpc) is 3.18. The van der Waals surface area contributed by atoms with Crippen LogP contribution < -0.4 is 9.47 Å². The number of aromatic nitrogens is 2. The fourth-order valence-electron chi connectivity index (χ4n) is 2.70. The van der Waals surface area contributed by atoms with Crippen molar-refractivity contribution in [2.45, 2.75) is 40.9 Å². The Morgan fingerprint density at radius 3 is 2.07 bits per heavy atom. The Bertz CT molecular complexity index is 950. The number of ether oxygens (including phenoxy) is 3. The monoisotopic (exact) mass is 386 g/mol. The molecule has 0 amide bonds. The van der Waals surface area contributed by atoms with Gasteiger partial charge in [0.1, 0.15) is 24.7 Å². The third kappa shape index (κ3) is 4.00. The number of hydrogen-bond donors (Lipinski definition) is 0. The number of aryl methyl sites for hydroxylation is 4. The molecule has 0 unspecified atom stereocenters. The largest absolute Gasteiger partial charge is 0.493 e. The molecule has 3 rings (SSSR count). The van der Waals surface area contributed by atoms with E-state index in [0.29, 0.717) is 34.3 Å². The fourth-order valence-corrected chi connectivity index (χ4v) is 2.70. The molecule has 1 aromatic carbocycles. The second-order valence-electron chi connectivity index (χ2n) is 6.34. The molecule has 0 saturated carbocycles. The lowest BCUT2D eigenvalue weighted by Crippen LogP contribution is -2.07. The molecule has 0 atom stereocenters. The van der Waals surface area contributed by atoms with E-state index >= 15 is 0 Å². The van der Waals surface area contributed by atoms with Gasteiger partial charge in [0.25, 0.3) is 0 Å². The van der Waals surface area contributed by atoms with E-state index in [4.69, 9.17) is 23.3 Å². The SMILES string of the molecule is COc1cc(C(=O)OCc2c(C)noc2C)ccc1OCc1c(C)noc1C. The van der Waals surface area contributed by atoms with Gasteiger partial charge >= 0.3 is 5.97 Å². The highest BCUT2D eigenvalue weighted by Crippen LogP contribution is 2.30. The van der Waals surface area contributed by atoms with E-state index in [-0.39, 0.29) is 13.2 Å². The van der Waals surface area contributed by atoms with Crippen molar-refractivity contribution in [3.05, 3.63) is 57.8 Å². The number of carbonyl (C=O) groups is 1. The lowest BCUT2D eigenvalue weighted by molar-refractivity contribution is 0.0470. The third-order valence-corrected chi connectivity index (χ3v) is 4.48. The number of carbonyl (C=O) groups excluding carboxylic acids is 1. The Morgan fingerprint density at radius 1 is 0.929 bits per heavy atom. The van der Waals surface area contributed by atoms with Crippen molar-refractivity contribution in [1.29, 1.82) is 0 Å². The van der Waals surface area contributed by atoms with Crippen molar-refractivity contribution in [3.63, 3.8) is 0 Å². The first kappa shape index (κ1) is 19.5. The molecular weight excluding hydrogens is 364 g/mol. The zero-order valence-electron chi connectivity index (χ0n) is 16.5. The van der Waals surface area contributed by atoms with E-state index in [9.17, 15) is 4.79 Å². The number of rotatable bonds is 7. The van der Waals surface area contributed by atoms with E-state index in [1.54, 1.807) is 32.0 Å². The van der Waals surface area contributed by atoms with Crippen LogP contribution in [0.1, 0.15) is 44.4 Å². The lowest BCUT2D eigenvalue weighted by Gasteiger charge is -2.12. The number of benzene rings is 1. The van der Waals surface area contributed by atoms with Crippen molar-refractivity contribution in [2.75, 3.05) is 7.11 Å². The van der Waals surface area contributed by atoms with Gasteiger partial charge in [-0.2, -0.15) is 0 Å². The van der Waals surface area contributed by atoms with E-state index in [2.05, 4.69) is 10.3 Å². The highest BCUT2D eigenvalue weighted by molar-refractivity contribution is 5.90. The number of hydrogen-bond acceptors (Lipinski definition) is 8. The topological polar surface area (TPSA) is 96.8 Å². The molecule has 8 heteroatoms. The normalized spacial score (nSPS) is 10.8. The van der Waals surface area contributed by atoms with Gasteiger partial charge in [0.2, 0.25) is 0 Å². The van der Waals surface area contributed by atoms with Crippen molar-refractivity contribution >= 4 is 5.97 Å². The number of methoxy groups -OCH3 is 1. The molecule has 28 heavy (non-hydrogen) atoms. The first-order chi connectivity index (χ1) is 13.4. The number of nitrogens with zero attached hydrogens (tertiary/aromatic N) is 2. The highest BCUT2D eigenvalue weighted by atomic mass is 16.5. The number of esters is 1. The molecule has 0 N–H and O–H groups in total. The molecule has 8 nitrogen and oxygen atoms in total. The zero-order chi connectivity index (χ0) is 20.3. The van der Waals surface area contributed by atoms with Crippen LogP contribution in [0.15, 0.2) is 27.2 Å². The van der Waals surface area contributed by atoms with Crippen molar-refractivity contribution in [3.8, 4) is 11.5 Å². The van der Waals surface area contributed by atoms with Crippen molar-refractivity contribution < 1.29 is 28.1 Å². The van der Waals surface area contributed by atoms with Crippen molar-refractivity contribution in [2.24, 2.45) is 0 Å². The van der Waals surface area contributed by atoms with Crippen LogP contribution in [0.25, 0.3) is 0 Å². The summed E-state index contributed by atoms with van der Waals surface area (Å²) in [7, 11) is 1.51. The van der Waals surface area contributed by atoms with Crippen LogP contribution >= 0.6 is 0 Å². The van der Waals surface area contributed by atoms with Crippen LogP contribution in [0.5, 0.6) is 11.5 Å². The third-order valence-electron chi connectivity index (χ3n) is 4.48. The molecule has 3 aromatic rings. The smallest absolute Gasteiger partial charge is 0.338 e. The van der Waals surface area contributed by atoms with Crippen LogP contribution in [-0.4, -0.2) is 23.4 Å². The first-order valence-corrected chi connectivity index (χ1v) is 8.72. The molecule has 2 heterocycles. The Balaban J connectivity index is 1.69. The molecule has 0 aliphatic heterocycles. The summed E-state index contributed by atoms with van der Waals surface area (Å²) in [5.41, 5.74) is 3.47. The minimum Gasteiger partial charge on any atom is -0.493 e. The van der Waals surface area contributed by atoms with E-state index in [1.165, 1.54) is 7.11 Å². The Labute approximate surface area is 162 Å². The Morgan fingerprint density at radius 2 is 1.54 bits per heavy atom. The molecule has 0 fully saturated rings. The van der Waals surface area contributed by atoms with Gasteiger partial charge in [0.15, 0.2) is 11.5 Å². The Kier molecular flexibility index (Phi) is 5.67. The second kappa shape index (κ2) is 8.16. The summed E-state index contributed by atoms with van der Waals surface area (Å²) in [6, 6.07) is 4.88. The maximum absolute atomic E-state index is 12.4. The van der Waals surface area contributed by atoms with Crippen LogP contribution in [0.3, 0.4) is 0 Å². The summed E-state index contributed by atoms with van der Waals surface area (Å²) in [5, 5.41) is 7.75. The van der Waals surface area contributed by atoms with Gasteiger partial charge in [0.05, 0.1) is 35.2 Å². The maximum Gasteiger partial charge on any atom is 0.338 e. The van der Waals surface area contributed by atoms with Gasteiger partial charge in [-0.05, 0) is 45.9 Å². The minimum absolute atomic E-state index is 0.0899. The van der Waals surface area contributed by atoms with Crippen LogP contribution in [-0.2, 0) is 18.0 Å².